The Bertz CT molecular complexity index is 1260. The van der Waals surface area contributed by atoms with Crippen molar-refractivity contribution in [3.63, 3.8) is 0 Å². The van der Waals surface area contributed by atoms with Gasteiger partial charge in [0.2, 0.25) is 0 Å². The third kappa shape index (κ3) is 4.25. The number of carbonyl (C=O) groups excluding carboxylic acids is 1. The van der Waals surface area contributed by atoms with Gasteiger partial charge < -0.3 is 19.9 Å². The summed E-state index contributed by atoms with van der Waals surface area (Å²) >= 11 is 0. The highest BCUT2D eigenvalue weighted by Gasteiger charge is 2.32. The maximum atomic E-state index is 12.5. The molecule has 5 heterocycles. The molecule has 1 saturated heterocycles. The van der Waals surface area contributed by atoms with Crippen LogP contribution in [0.2, 0.25) is 0 Å². The van der Waals surface area contributed by atoms with Crippen LogP contribution in [0, 0.1) is 5.92 Å². The lowest BCUT2D eigenvalue weighted by molar-refractivity contribution is 0.182. The Kier molecular flexibility index (Phi) is 6.17. The van der Waals surface area contributed by atoms with Crippen LogP contribution in [0.5, 0.6) is 0 Å². The van der Waals surface area contributed by atoms with Crippen molar-refractivity contribution in [3.8, 4) is 11.1 Å². The second-order valence-corrected chi connectivity index (χ2v) is 10.2. The quantitative estimate of drug-likeness (QED) is 0.594. The smallest absolute Gasteiger partial charge is 0.317 e. The molecule has 0 spiro atoms. The first-order chi connectivity index (χ1) is 17.6. The second kappa shape index (κ2) is 9.61. The van der Waals surface area contributed by atoms with Crippen LogP contribution in [0.3, 0.4) is 0 Å². The largest absolute Gasteiger partial charge is 0.381 e. The van der Waals surface area contributed by atoms with Crippen LogP contribution in [0.4, 0.5) is 16.3 Å². The minimum Gasteiger partial charge on any atom is -0.381 e. The molecular weight excluding hydrogens is 454 g/mol. The van der Waals surface area contributed by atoms with E-state index in [1.807, 2.05) is 22.8 Å². The second-order valence-electron chi connectivity index (χ2n) is 10.2. The molecule has 1 aromatic carbocycles. The lowest BCUT2D eigenvalue weighted by Gasteiger charge is -2.33. The van der Waals surface area contributed by atoms with Crippen LogP contribution in [0.25, 0.3) is 11.1 Å². The molecule has 1 N–H and O–H groups in total. The van der Waals surface area contributed by atoms with Crippen molar-refractivity contribution >= 4 is 17.5 Å². The summed E-state index contributed by atoms with van der Waals surface area (Å²) in [6.45, 7) is 4.88. The number of anilines is 2. The van der Waals surface area contributed by atoms with E-state index < -0.39 is 0 Å². The van der Waals surface area contributed by atoms with Crippen molar-refractivity contribution < 1.29 is 9.53 Å². The number of aromatic nitrogens is 4. The fourth-order valence-corrected chi connectivity index (χ4v) is 5.89. The van der Waals surface area contributed by atoms with Crippen LogP contribution in [0.1, 0.15) is 36.1 Å². The first-order valence-corrected chi connectivity index (χ1v) is 13.1. The van der Waals surface area contributed by atoms with Gasteiger partial charge in [0.05, 0.1) is 12.7 Å². The Hall–Kier alpha value is -3.33. The number of hydrogen-bond acceptors (Lipinski definition) is 5. The zero-order chi connectivity index (χ0) is 24.6. The summed E-state index contributed by atoms with van der Waals surface area (Å²) in [5.74, 6) is 1.62. The summed E-state index contributed by atoms with van der Waals surface area (Å²) in [5.41, 5.74) is 7.37. The van der Waals surface area contributed by atoms with Gasteiger partial charge in [-0.05, 0) is 54.9 Å². The number of rotatable bonds is 5. The Morgan fingerprint density at radius 1 is 1.22 bits per heavy atom. The van der Waals surface area contributed by atoms with E-state index in [-0.39, 0.29) is 6.03 Å². The van der Waals surface area contributed by atoms with Crippen LogP contribution in [-0.2, 0) is 37.7 Å². The molecule has 3 aromatic rings. The molecule has 0 radical (unpaired) electrons. The van der Waals surface area contributed by atoms with Gasteiger partial charge >= 0.3 is 6.03 Å². The van der Waals surface area contributed by atoms with E-state index in [9.17, 15) is 4.79 Å². The third-order valence-corrected chi connectivity index (χ3v) is 7.88. The van der Waals surface area contributed by atoms with Crippen molar-refractivity contribution in [2.45, 2.75) is 45.2 Å². The number of aryl methyl sites for hydroxylation is 3. The number of urea groups is 1. The lowest BCUT2D eigenvalue weighted by Crippen LogP contribution is -2.41. The van der Waals surface area contributed by atoms with Gasteiger partial charge in [-0.15, -0.1) is 0 Å². The molecule has 190 valence electrons. The summed E-state index contributed by atoms with van der Waals surface area (Å²) in [7, 11) is 3.65. The third-order valence-electron chi connectivity index (χ3n) is 7.88. The molecule has 3 aliphatic heterocycles. The number of ether oxygens (including phenoxy) is 1. The summed E-state index contributed by atoms with van der Waals surface area (Å²) < 4.78 is 9.67. The normalized spacial score (nSPS) is 19.3. The molecule has 1 fully saturated rings. The molecule has 0 aliphatic carbocycles. The van der Waals surface area contributed by atoms with E-state index in [4.69, 9.17) is 9.84 Å². The summed E-state index contributed by atoms with van der Waals surface area (Å²) in [4.78, 5) is 16.8. The monoisotopic (exact) mass is 489 g/mol. The van der Waals surface area contributed by atoms with Crippen molar-refractivity contribution in [1.82, 2.24) is 29.8 Å². The van der Waals surface area contributed by atoms with Gasteiger partial charge in [0, 0.05) is 82.1 Å². The molecule has 0 unspecified atom stereocenters. The summed E-state index contributed by atoms with van der Waals surface area (Å²) in [5, 5.41) is 12.3. The molecule has 36 heavy (non-hydrogen) atoms. The SMILES string of the molecule is CNC(=O)N1CCc2c(c(N3CCCc4cc(-c5cnn(C)c5)ccc43)nn2CC[C@H]2CCOC2)C1. The molecule has 1 atom stereocenters. The molecule has 2 aromatic heterocycles. The molecule has 0 bridgehead atoms. The fraction of sp³-hybridized carbons (Fsp3) is 0.519. The Morgan fingerprint density at radius 3 is 2.92 bits per heavy atom. The van der Waals surface area contributed by atoms with E-state index in [0.29, 0.717) is 12.5 Å². The fourth-order valence-electron chi connectivity index (χ4n) is 5.89. The number of hydrogen-bond donors (Lipinski definition) is 1. The minimum atomic E-state index is -0.0254. The van der Waals surface area contributed by atoms with Gasteiger partial charge in [0.25, 0.3) is 0 Å². The number of nitrogens with one attached hydrogen (secondary N) is 1. The highest BCUT2D eigenvalue weighted by atomic mass is 16.5. The van der Waals surface area contributed by atoms with Gasteiger partial charge in [-0.25, -0.2) is 4.79 Å². The predicted molar refractivity (Wildman–Crippen MR) is 138 cm³/mol. The number of fused-ring (bicyclic) bond motifs is 2. The molecule has 6 rings (SSSR count). The van der Waals surface area contributed by atoms with E-state index in [1.165, 1.54) is 28.1 Å². The van der Waals surface area contributed by atoms with Crippen LogP contribution in [0.15, 0.2) is 30.6 Å². The molecule has 2 amide bonds. The molecule has 9 nitrogen and oxygen atoms in total. The predicted octanol–water partition coefficient (Wildman–Crippen LogP) is 3.49. The zero-order valence-corrected chi connectivity index (χ0v) is 21.2. The van der Waals surface area contributed by atoms with Gasteiger partial charge in [-0.1, -0.05) is 6.07 Å². The minimum absolute atomic E-state index is 0.0254. The Balaban J connectivity index is 1.35. The van der Waals surface area contributed by atoms with Gasteiger partial charge in [-0.2, -0.15) is 10.2 Å². The van der Waals surface area contributed by atoms with E-state index in [2.05, 4.69) is 44.4 Å². The standard InChI is InChI=1S/C27H35N7O2/c1-28-27(35)32-11-8-25-23(17-32)26(30-34(25)12-7-19-9-13-36-18-19)33-10-3-4-21-14-20(5-6-24(21)33)22-15-29-31(2)16-22/h5-6,14-16,19H,3-4,7-13,17-18H2,1-2H3,(H,28,35)/t19-/m0/s1. The summed E-state index contributed by atoms with van der Waals surface area (Å²) in [6.07, 6.45) is 9.15. The van der Waals surface area contributed by atoms with E-state index >= 15 is 0 Å². The number of amides is 2. The number of carbonyl (C=O) groups is 1. The average Bonchev–Trinajstić information content (AvgIpc) is 3.66. The lowest BCUT2D eigenvalue weighted by atomic mass is 9.96. The van der Waals surface area contributed by atoms with Gasteiger partial charge in [-0.3, -0.25) is 9.36 Å². The van der Waals surface area contributed by atoms with Crippen LogP contribution < -0.4 is 10.2 Å². The highest BCUT2D eigenvalue weighted by Crippen LogP contribution is 2.39. The van der Waals surface area contributed by atoms with E-state index in [0.717, 1.165) is 76.3 Å². The topological polar surface area (TPSA) is 80.5 Å². The maximum absolute atomic E-state index is 12.5. The van der Waals surface area contributed by atoms with Crippen molar-refractivity contribution in [1.29, 1.82) is 0 Å². The Labute approximate surface area is 212 Å². The van der Waals surface area contributed by atoms with Gasteiger partial charge in [0.1, 0.15) is 0 Å². The van der Waals surface area contributed by atoms with Crippen molar-refractivity contribution in [2.75, 3.05) is 38.3 Å². The molecule has 3 aliphatic rings. The van der Waals surface area contributed by atoms with E-state index in [1.54, 1.807) is 7.05 Å². The highest BCUT2D eigenvalue weighted by molar-refractivity contribution is 5.76. The van der Waals surface area contributed by atoms with Crippen LogP contribution >= 0.6 is 0 Å². The molecule has 9 heteroatoms. The van der Waals surface area contributed by atoms with Crippen LogP contribution in [-0.4, -0.2) is 63.8 Å². The van der Waals surface area contributed by atoms with Gasteiger partial charge in [0.15, 0.2) is 5.82 Å². The molecular formula is C27H35N7O2. The number of nitrogens with zero attached hydrogens (tertiary/aromatic N) is 6. The average molecular weight is 490 g/mol. The molecule has 0 saturated carbocycles. The maximum Gasteiger partial charge on any atom is 0.317 e. The Morgan fingerprint density at radius 2 is 2.14 bits per heavy atom. The zero-order valence-electron chi connectivity index (χ0n) is 21.2. The summed E-state index contributed by atoms with van der Waals surface area (Å²) in [6, 6.07) is 6.70. The van der Waals surface area contributed by atoms with Crippen molar-refractivity contribution in [3.05, 3.63) is 47.4 Å². The van der Waals surface area contributed by atoms with Crippen molar-refractivity contribution in [2.24, 2.45) is 13.0 Å². The number of benzene rings is 1. The first-order valence-electron chi connectivity index (χ1n) is 13.1. The first kappa shape index (κ1) is 23.1.